The van der Waals surface area contributed by atoms with Crippen LogP contribution in [0, 0.1) is 18.3 Å². The number of aromatic nitrogens is 1. The summed E-state index contributed by atoms with van der Waals surface area (Å²) in [4.78, 5) is 11.8. The van der Waals surface area contributed by atoms with Gasteiger partial charge in [0, 0.05) is 11.6 Å². The van der Waals surface area contributed by atoms with Gasteiger partial charge in [0.2, 0.25) is 0 Å². The minimum Gasteiger partial charge on any atom is -0.465 e. The molecule has 0 saturated carbocycles. The molecule has 0 saturated heterocycles. The zero-order valence-corrected chi connectivity index (χ0v) is 13.0. The maximum absolute atomic E-state index is 11.8. The van der Waals surface area contributed by atoms with Gasteiger partial charge < -0.3 is 14.6 Å². The Bertz CT molecular complexity index is 724. The van der Waals surface area contributed by atoms with Crippen molar-refractivity contribution < 1.29 is 14.1 Å². The number of nitrogens with one attached hydrogen (secondary N) is 1. The molecule has 6 nitrogen and oxygen atoms in total. The normalized spacial score (nSPS) is 11.5. The van der Waals surface area contributed by atoms with Gasteiger partial charge in [-0.1, -0.05) is 35.3 Å². The van der Waals surface area contributed by atoms with Crippen LogP contribution in [0.5, 0.6) is 5.88 Å². The van der Waals surface area contributed by atoms with Crippen LogP contribution in [0.4, 0.5) is 0 Å². The quantitative estimate of drug-likeness (QED) is 0.904. The van der Waals surface area contributed by atoms with Crippen LogP contribution in [0.15, 0.2) is 28.8 Å². The molecule has 2 aromatic rings. The number of aryl methyl sites for hydroxylation is 1. The van der Waals surface area contributed by atoms with Gasteiger partial charge >= 0.3 is 0 Å². The van der Waals surface area contributed by atoms with Crippen LogP contribution in [0.2, 0.25) is 10.0 Å². The van der Waals surface area contributed by atoms with Gasteiger partial charge in [0.1, 0.15) is 11.8 Å². The smallest absolute Gasteiger partial charge is 0.259 e. The second-order valence-corrected chi connectivity index (χ2v) is 5.12. The Morgan fingerprint density at radius 1 is 1.55 bits per heavy atom. The SMILES string of the molecule is Cc1cc(OCC(=O)N[C@H](C#N)c2cccc(Cl)c2Cl)no1. The number of hydrogen-bond donors (Lipinski definition) is 1. The minimum atomic E-state index is -0.929. The Kier molecular flexibility index (Phi) is 5.26. The average Bonchev–Trinajstić information content (AvgIpc) is 2.91. The number of halogens is 2. The molecule has 0 aliphatic rings. The Labute approximate surface area is 136 Å². The predicted molar refractivity (Wildman–Crippen MR) is 79.7 cm³/mol. The highest BCUT2D eigenvalue weighted by Gasteiger charge is 2.18. The monoisotopic (exact) mass is 339 g/mol. The van der Waals surface area contributed by atoms with Gasteiger partial charge in [-0.3, -0.25) is 4.79 Å². The number of amides is 1. The second-order valence-electron chi connectivity index (χ2n) is 4.34. The van der Waals surface area contributed by atoms with Gasteiger partial charge in [0.15, 0.2) is 6.61 Å². The lowest BCUT2D eigenvalue weighted by atomic mass is 10.1. The minimum absolute atomic E-state index is 0.196. The highest BCUT2D eigenvalue weighted by molar-refractivity contribution is 6.42. The number of carbonyl (C=O) groups excluding carboxylic acids is 1. The number of hydrogen-bond acceptors (Lipinski definition) is 5. The first kappa shape index (κ1) is 16.1. The summed E-state index contributed by atoms with van der Waals surface area (Å²) in [6.45, 7) is 1.40. The Morgan fingerprint density at radius 3 is 2.95 bits per heavy atom. The Balaban J connectivity index is 1.99. The van der Waals surface area contributed by atoms with Crippen LogP contribution in [0.3, 0.4) is 0 Å². The van der Waals surface area contributed by atoms with Crippen LogP contribution < -0.4 is 10.1 Å². The van der Waals surface area contributed by atoms with Crippen molar-refractivity contribution in [1.82, 2.24) is 10.5 Å². The number of nitrogens with zero attached hydrogens (tertiary/aromatic N) is 2. The fourth-order valence-electron chi connectivity index (χ4n) is 1.68. The summed E-state index contributed by atoms with van der Waals surface area (Å²) in [6.07, 6.45) is 0. The standard InChI is InChI=1S/C14H11Cl2N3O3/c1-8-5-13(19-22-8)21-7-12(20)18-11(6-17)9-3-2-4-10(15)14(9)16/h2-5,11H,7H2,1H3,(H,18,20)/t11-/m1/s1. The van der Waals surface area contributed by atoms with E-state index in [2.05, 4.69) is 10.5 Å². The molecular weight excluding hydrogens is 329 g/mol. The van der Waals surface area contributed by atoms with Gasteiger partial charge in [-0.15, -0.1) is 0 Å². The van der Waals surface area contributed by atoms with E-state index in [-0.39, 0.29) is 17.5 Å². The number of carbonyl (C=O) groups is 1. The summed E-state index contributed by atoms with van der Waals surface area (Å²) >= 11 is 11.9. The van der Waals surface area contributed by atoms with Gasteiger partial charge in [-0.25, -0.2) is 0 Å². The molecule has 0 fully saturated rings. The summed E-state index contributed by atoms with van der Waals surface area (Å²) in [5, 5.41) is 15.8. The first-order chi connectivity index (χ1) is 10.5. The van der Waals surface area contributed by atoms with E-state index in [1.807, 2.05) is 6.07 Å². The molecule has 114 valence electrons. The molecule has 1 amide bonds. The van der Waals surface area contributed by atoms with E-state index in [1.54, 1.807) is 31.2 Å². The van der Waals surface area contributed by atoms with Crippen molar-refractivity contribution in [3.05, 3.63) is 45.6 Å². The highest BCUT2D eigenvalue weighted by Crippen LogP contribution is 2.29. The second kappa shape index (κ2) is 7.16. The zero-order valence-electron chi connectivity index (χ0n) is 11.5. The molecule has 1 aromatic heterocycles. The average molecular weight is 340 g/mol. The Morgan fingerprint density at radius 2 is 2.32 bits per heavy atom. The molecule has 0 unspecified atom stereocenters. The highest BCUT2D eigenvalue weighted by atomic mass is 35.5. The van der Waals surface area contributed by atoms with E-state index >= 15 is 0 Å². The first-order valence-corrected chi connectivity index (χ1v) is 6.96. The van der Waals surface area contributed by atoms with Gasteiger partial charge in [0.25, 0.3) is 11.8 Å². The van der Waals surface area contributed by atoms with Crippen molar-refractivity contribution in [2.75, 3.05) is 6.61 Å². The lowest BCUT2D eigenvalue weighted by Crippen LogP contribution is -2.32. The maximum Gasteiger partial charge on any atom is 0.259 e. The van der Waals surface area contributed by atoms with Crippen LogP contribution in [-0.2, 0) is 4.79 Å². The molecule has 22 heavy (non-hydrogen) atoms. The fraction of sp³-hybridized carbons (Fsp3) is 0.214. The van der Waals surface area contributed by atoms with Crippen molar-refractivity contribution in [2.45, 2.75) is 13.0 Å². The number of nitriles is 1. The van der Waals surface area contributed by atoms with E-state index in [0.29, 0.717) is 16.3 Å². The molecule has 0 spiro atoms. The molecule has 1 aromatic carbocycles. The summed E-state index contributed by atoms with van der Waals surface area (Å²) in [5.74, 6) is 0.265. The van der Waals surface area contributed by atoms with Crippen LogP contribution >= 0.6 is 23.2 Å². The van der Waals surface area contributed by atoms with Crippen molar-refractivity contribution in [2.24, 2.45) is 0 Å². The van der Waals surface area contributed by atoms with Crippen LogP contribution in [0.1, 0.15) is 17.4 Å². The van der Waals surface area contributed by atoms with E-state index in [0.717, 1.165) is 0 Å². The van der Waals surface area contributed by atoms with Crippen molar-refractivity contribution >= 4 is 29.1 Å². The third kappa shape index (κ3) is 3.91. The summed E-state index contributed by atoms with van der Waals surface area (Å²) < 4.78 is 9.94. The fourth-order valence-corrected chi connectivity index (χ4v) is 2.09. The molecule has 0 aliphatic carbocycles. The summed E-state index contributed by atoms with van der Waals surface area (Å²) in [6, 6.07) is 7.43. The Hall–Kier alpha value is -2.23. The number of rotatable bonds is 5. The first-order valence-electron chi connectivity index (χ1n) is 6.20. The molecule has 1 N–H and O–H groups in total. The third-order valence-electron chi connectivity index (χ3n) is 2.68. The van der Waals surface area contributed by atoms with E-state index in [9.17, 15) is 10.1 Å². The van der Waals surface area contributed by atoms with Crippen molar-refractivity contribution in [1.29, 1.82) is 5.26 Å². The molecule has 1 atom stereocenters. The van der Waals surface area contributed by atoms with Gasteiger partial charge in [-0.05, 0) is 18.1 Å². The van der Waals surface area contributed by atoms with Crippen LogP contribution in [-0.4, -0.2) is 17.7 Å². The molecule has 2 rings (SSSR count). The van der Waals surface area contributed by atoms with Crippen LogP contribution in [0.25, 0.3) is 0 Å². The molecule has 1 heterocycles. The van der Waals surface area contributed by atoms with Gasteiger partial charge in [-0.2, -0.15) is 5.26 Å². The maximum atomic E-state index is 11.8. The van der Waals surface area contributed by atoms with Crippen molar-refractivity contribution in [3.8, 4) is 11.9 Å². The molecular formula is C14H11Cl2N3O3. The predicted octanol–water partition coefficient (Wildman–Crippen LogP) is 3.05. The largest absolute Gasteiger partial charge is 0.465 e. The van der Waals surface area contributed by atoms with Crippen molar-refractivity contribution in [3.63, 3.8) is 0 Å². The molecule has 0 bridgehead atoms. The molecule has 0 aliphatic heterocycles. The zero-order chi connectivity index (χ0) is 16.1. The molecule has 0 radical (unpaired) electrons. The van der Waals surface area contributed by atoms with E-state index < -0.39 is 11.9 Å². The third-order valence-corrected chi connectivity index (χ3v) is 3.52. The lowest BCUT2D eigenvalue weighted by molar-refractivity contribution is -0.123. The summed E-state index contributed by atoms with van der Waals surface area (Å²) in [7, 11) is 0. The lowest BCUT2D eigenvalue weighted by Gasteiger charge is -2.14. The molecule has 8 heteroatoms. The van der Waals surface area contributed by atoms with Gasteiger partial charge in [0.05, 0.1) is 16.1 Å². The number of benzene rings is 1. The topological polar surface area (TPSA) is 88.1 Å². The van der Waals surface area contributed by atoms with E-state index in [1.165, 1.54) is 0 Å². The summed E-state index contributed by atoms with van der Waals surface area (Å²) in [5.41, 5.74) is 0.419. The number of ether oxygens (including phenoxy) is 1. The van der Waals surface area contributed by atoms with E-state index in [4.69, 9.17) is 32.5 Å².